The number of thioether (sulfide) groups is 1. The minimum Gasteiger partial charge on any atom is -0.406 e. The van der Waals surface area contributed by atoms with Crippen LogP contribution in [0, 0.1) is 0 Å². The van der Waals surface area contributed by atoms with E-state index in [0.29, 0.717) is 5.56 Å². The third-order valence-electron chi connectivity index (χ3n) is 2.49. The van der Waals surface area contributed by atoms with Crippen LogP contribution in [-0.4, -0.2) is 30.2 Å². The first kappa shape index (κ1) is 19.5. The van der Waals surface area contributed by atoms with Gasteiger partial charge in [0.1, 0.15) is 12.3 Å². The van der Waals surface area contributed by atoms with Crippen molar-refractivity contribution < 1.29 is 35.9 Å². The number of hydrogen-bond donors (Lipinski definition) is 1. The van der Waals surface area contributed by atoms with Crippen molar-refractivity contribution in [1.82, 2.24) is 5.32 Å². The minimum absolute atomic E-state index is 0.257. The molecule has 0 spiro atoms. The third-order valence-corrected chi connectivity index (χ3v) is 3.70. The summed E-state index contributed by atoms with van der Waals surface area (Å²) in [6, 6.07) is 5.01. The number of ether oxygens (including phenoxy) is 1. The standard InChI is InChI=1S/C13H13F6NO2S/c1-8(11(21)20-7-12(14,15)16)23-6-9-2-4-10(5-3-9)22-13(17,18)19/h2-5,8H,6-7H2,1H3,(H,20,21). The monoisotopic (exact) mass is 361 g/mol. The Kier molecular flexibility index (Phi) is 6.60. The lowest BCUT2D eigenvalue weighted by atomic mass is 10.2. The molecule has 1 atom stereocenters. The maximum Gasteiger partial charge on any atom is 0.573 e. The first-order chi connectivity index (χ1) is 10.5. The lowest BCUT2D eigenvalue weighted by molar-refractivity contribution is -0.274. The molecule has 130 valence electrons. The van der Waals surface area contributed by atoms with Crippen molar-refractivity contribution in [2.24, 2.45) is 0 Å². The Morgan fingerprint density at radius 1 is 1.17 bits per heavy atom. The van der Waals surface area contributed by atoms with Gasteiger partial charge in [0.15, 0.2) is 0 Å². The van der Waals surface area contributed by atoms with Gasteiger partial charge in [-0.25, -0.2) is 0 Å². The first-order valence-electron chi connectivity index (χ1n) is 6.27. The summed E-state index contributed by atoms with van der Waals surface area (Å²) in [5.41, 5.74) is 0.611. The Balaban J connectivity index is 2.44. The number of rotatable bonds is 6. The number of alkyl halides is 6. The van der Waals surface area contributed by atoms with Crippen molar-refractivity contribution >= 4 is 17.7 Å². The zero-order valence-corrected chi connectivity index (χ0v) is 12.6. The Hall–Kier alpha value is -1.58. The van der Waals surface area contributed by atoms with Crippen LogP contribution >= 0.6 is 11.8 Å². The molecule has 0 saturated carbocycles. The second kappa shape index (κ2) is 7.80. The summed E-state index contributed by atoms with van der Waals surface area (Å²) >= 11 is 1.06. The second-order valence-corrected chi connectivity index (χ2v) is 5.81. The molecule has 0 aliphatic heterocycles. The minimum atomic E-state index is -4.78. The molecule has 3 nitrogen and oxygen atoms in total. The quantitative estimate of drug-likeness (QED) is 0.782. The molecular weight excluding hydrogens is 348 g/mol. The fraction of sp³-hybridized carbons (Fsp3) is 0.462. The fourth-order valence-electron chi connectivity index (χ4n) is 1.42. The number of hydrogen-bond acceptors (Lipinski definition) is 3. The van der Waals surface area contributed by atoms with Gasteiger partial charge in [0, 0.05) is 5.75 Å². The maximum absolute atomic E-state index is 12.0. The van der Waals surface area contributed by atoms with Crippen LogP contribution in [0.3, 0.4) is 0 Å². The summed E-state index contributed by atoms with van der Waals surface area (Å²) in [6.07, 6.45) is -9.25. The molecule has 1 unspecified atom stereocenters. The first-order valence-corrected chi connectivity index (χ1v) is 7.32. The maximum atomic E-state index is 12.0. The van der Waals surface area contributed by atoms with E-state index < -0.39 is 30.2 Å². The molecule has 0 radical (unpaired) electrons. The molecular formula is C13H13F6NO2S. The molecule has 1 amide bonds. The number of benzene rings is 1. The highest BCUT2D eigenvalue weighted by molar-refractivity contribution is 7.99. The van der Waals surface area contributed by atoms with Gasteiger partial charge in [-0.3, -0.25) is 4.79 Å². The van der Waals surface area contributed by atoms with E-state index in [-0.39, 0.29) is 11.5 Å². The Morgan fingerprint density at radius 3 is 2.22 bits per heavy atom. The SMILES string of the molecule is CC(SCc1ccc(OC(F)(F)F)cc1)C(=O)NCC(F)(F)F. The van der Waals surface area contributed by atoms with Gasteiger partial charge in [-0.05, 0) is 24.6 Å². The van der Waals surface area contributed by atoms with Crippen molar-refractivity contribution in [2.45, 2.75) is 30.5 Å². The van der Waals surface area contributed by atoms with E-state index >= 15 is 0 Å². The summed E-state index contributed by atoms with van der Waals surface area (Å²) < 4.78 is 75.6. The molecule has 1 aromatic rings. The van der Waals surface area contributed by atoms with Gasteiger partial charge in [0.05, 0.1) is 5.25 Å². The molecule has 10 heteroatoms. The number of nitrogens with one attached hydrogen (secondary N) is 1. The van der Waals surface area contributed by atoms with Crippen molar-refractivity contribution in [3.05, 3.63) is 29.8 Å². The zero-order valence-electron chi connectivity index (χ0n) is 11.8. The summed E-state index contributed by atoms with van der Waals surface area (Å²) in [5, 5.41) is 1.03. The Bertz CT molecular complexity index is 515. The molecule has 0 aliphatic rings. The predicted molar refractivity (Wildman–Crippen MR) is 72.9 cm³/mol. The molecule has 0 heterocycles. The van der Waals surface area contributed by atoms with Gasteiger partial charge in [0.25, 0.3) is 0 Å². The highest BCUT2D eigenvalue weighted by Crippen LogP contribution is 2.25. The summed E-state index contributed by atoms with van der Waals surface area (Å²) in [7, 11) is 0. The fourth-order valence-corrected chi connectivity index (χ4v) is 2.28. The van der Waals surface area contributed by atoms with Crippen LogP contribution in [0.1, 0.15) is 12.5 Å². The van der Waals surface area contributed by atoms with Gasteiger partial charge >= 0.3 is 12.5 Å². The Morgan fingerprint density at radius 2 is 1.74 bits per heavy atom. The van der Waals surface area contributed by atoms with Crippen LogP contribution in [-0.2, 0) is 10.5 Å². The smallest absolute Gasteiger partial charge is 0.406 e. The van der Waals surface area contributed by atoms with Crippen molar-refractivity contribution in [1.29, 1.82) is 0 Å². The largest absolute Gasteiger partial charge is 0.573 e. The van der Waals surface area contributed by atoms with Crippen molar-refractivity contribution in [3.8, 4) is 5.75 Å². The zero-order chi connectivity index (χ0) is 17.7. The van der Waals surface area contributed by atoms with Gasteiger partial charge in [-0.2, -0.15) is 13.2 Å². The molecule has 0 saturated heterocycles. The average molecular weight is 361 g/mol. The van der Waals surface area contributed by atoms with Crippen LogP contribution in [0.5, 0.6) is 5.75 Å². The van der Waals surface area contributed by atoms with E-state index in [1.165, 1.54) is 19.1 Å². The van der Waals surface area contributed by atoms with E-state index in [1.807, 2.05) is 0 Å². The van der Waals surface area contributed by atoms with E-state index in [4.69, 9.17) is 0 Å². The van der Waals surface area contributed by atoms with Crippen LogP contribution in [0.2, 0.25) is 0 Å². The van der Waals surface area contributed by atoms with Gasteiger partial charge in [-0.1, -0.05) is 12.1 Å². The summed E-state index contributed by atoms with van der Waals surface area (Å²) in [5.74, 6) is -0.876. The number of carbonyl (C=O) groups is 1. The molecule has 1 N–H and O–H groups in total. The summed E-state index contributed by atoms with van der Waals surface area (Å²) in [6.45, 7) is 0.0394. The highest BCUT2D eigenvalue weighted by atomic mass is 32.2. The van der Waals surface area contributed by atoms with Crippen LogP contribution < -0.4 is 10.1 Å². The van der Waals surface area contributed by atoms with Crippen molar-refractivity contribution in [2.75, 3.05) is 6.54 Å². The van der Waals surface area contributed by atoms with E-state index in [9.17, 15) is 31.1 Å². The number of halogens is 6. The topological polar surface area (TPSA) is 38.3 Å². The van der Waals surface area contributed by atoms with Crippen LogP contribution in [0.15, 0.2) is 24.3 Å². The van der Waals surface area contributed by atoms with Crippen LogP contribution in [0.25, 0.3) is 0 Å². The molecule has 0 aromatic heterocycles. The second-order valence-electron chi connectivity index (χ2n) is 4.48. The Labute approximate surface area is 132 Å². The molecule has 1 aromatic carbocycles. The molecule has 1 rings (SSSR count). The molecule has 0 bridgehead atoms. The van der Waals surface area contributed by atoms with Gasteiger partial charge in [-0.15, -0.1) is 24.9 Å². The molecule has 23 heavy (non-hydrogen) atoms. The normalized spacial score (nSPS) is 13.5. The average Bonchev–Trinajstić information content (AvgIpc) is 2.41. The van der Waals surface area contributed by atoms with Gasteiger partial charge < -0.3 is 10.1 Å². The van der Waals surface area contributed by atoms with E-state index in [1.54, 1.807) is 5.32 Å². The lowest BCUT2D eigenvalue weighted by Crippen LogP contribution is -2.38. The summed E-state index contributed by atoms with van der Waals surface area (Å²) in [4.78, 5) is 11.4. The highest BCUT2D eigenvalue weighted by Gasteiger charge is 2.31. The van der Waals surface area contributed by atoms with Crippen LogP contribution in [0.4, 0.5) is 26.3 Å². The number of amides is 1. The number of carbonyl (C=O) groups excluding carboxylic acids is 1. The lowest BCUT2D eigenvalue weighted by Gasteiger charge is -2.13. The van der Waals surface area contributed by atoms with E-state index in [0.717, 1.165) is 23.9 Å². The third kappa shape index (κ3) is 8.58. The van der Waals surface area contributed by atoms with E-state index in [2.05, 4.69) is 4.74 Å². The van der Waals surface area contributed by atoms with Gasteiger partial charge in [0.2, 0.25) is 5.91 Å². The molecule has 0 fully saturated rings. The predicted octanol–water partition coefficient (Wildman–Crippen LogP) is 3.89. The van der Waals surface area contributed by atoms with Crippen molar-refractivity contribution in [3.63, 3.8) is 0 Å². The molecule has 0 aliphatic carbocycles.